The maximum Gasteiger partial charge on any atom is 0.246 e. The fraction of sp³-hybridized carbons (Fsp3) is 0.182. The third-order valence-corrected chi connectivity index (χ3v) is 3.04. The lowest BCUT2D eigenvalue weighted by atomic mass is 10.3. The van der Waals surface area contributed by atoms with Crippen LogP contribution >= 0.6 is 23.2 Å². The number of nitrogens with zero attached hydrogens (tertiary/aromatic N) is 3. The Morgan fingerprint density at radius 1 is 1.37 bits per heavy atom. The third kappa shape index (κ3) is 3.66. The summed E-state index contributed by atoms with van der Waals surface area (Å²) in [4.78, 5) is 11.8. The highest BCUT2D eigenvalue weighted by Crippen LogP contribution is 2.24. The van der Waals surface area contributed by atoms with Gasteiger partial charge in [0.05, 0.1) is 21.9 Å². The van der Waals surface area contributed by atoms with Crippen molar-refractivity contribution in [3.05, 3.63) is 40.1 Å². The number of carbonyl (C=O) groups is 1. The quantitative estimate of drug-likeness (QED) is 0.899. The molecule has 0 atom stereocenters. The fourth-order valence-electron chi connectivity index (χ4n) is 1.43. The average molecular weight is 300 g/mol. The lowest BCUT2D eigenvalue weighted by Crippen LogP contribution is -2.19. The fourth-order valence-corrected chi connectivity index (χ4v) is 1.73. The van der Waals surface area contributed by atoms with Gasteiger partial charge in [0.15, 0.2) is 0 Å². The van der Waals surface area contributed by atoms with Crippen molar-refractivity contribution in [1.29, 1.82) is 0 Å². The predicted molar refractivity (Wildman–Crippen MR) is 73.0 cm³/mol. The van der Waals surface area contributed by atoms with Crippen LogP contribution in [0.4, 0.5) is 5.69 Å². The van der Waals surface area contributed by atoms with Gasteiger partial charge in [-0.3, -0.25) is 4.79 Å². The maximum atomic E-state index is 11.8. The van der Waals surface area contributed by atoms with Gasteiger partial charge in [-0.15, -0.1) is 5.10 Å². The van der Waals surface area contributed by atoms with Crippen LogP contribution in [0.15, 0.2) is 24.4 Å². The zero-order valence-electron chi connectivity index (χ0n) is 9.81. The number of hydrogen-bond acceptors (Lipinski definition) is 4. The molecule has 0 spiro atoms. The van der Waals surface area contributed by atoms with Crippen LogP contribution in [0.1, 0.15) is 5.69 Å². The molecule has 0 bridgehead atoms. The monoisotopic (exact) mass is 299 g/mol. The number of carbonyl (C=O) groups excluding carboxylic acids is 1. The van der Waals surface area contributed by atoms with Crippen LogP contribution in [0.3, 0.4) is 0 Å². The van der Waals surface area contributed by atoms with Gasteiger partial charge in [-0.25, -0.2) is 4.68 Å². The van der Waals surface area contributed by atoms with E-state index in [9.17, 15) is 4.79 Å². The minimum atomic E-state index is -0.244. The molecule has 0 saturated carbocycles. The topological polar surface area (TPSA) is 85.8 Å². The molecule has 1 aromatic heterocycles. The van der Waals surface area contributed by atoms with E-state index in [1.165, 1.54) is 4.68 Å². The number of nitrogens with one attached hydrogen (secondary N) is 1. The van der Waals surface area contributed by atoms with Crippen LogP contribution < -0.4 is 11.1 Å². The minimum absolute atomic E-state index is 0.0489. The first kappa shape index (κ1) is 13.8. The van der Waals surface area contributed by atoms with E-state index in [1.54, 1.807) is 24.4 Å². The second-order valence-corrected chi connectivity index (χ2v) is 4.60. The molecule has 0 aliphatic carbocycles. The van der Waals surface area contributed by atoms with Crippen molar-refractivity contribution in [3.63, 3.8) is 0 Å². The molecule has 0 aliphatic heterocycles. The first-order valence-corrected chi connectivity index (χ1v) is 6.18. The zero-order chi connectivity index (χ0) is 13.8. The molecule has 2 aromatic rings. The van der Waals surface area contributed by atoms with Crippen molar-refractivity contribution in [1.82, 2.24) is 15.0 Å². The average Bonchev–Trinajstić information content (AvgIpc) is 2.81. The molecule has 1 heterocycles. The molecular weight excluding hydrogens is 289 g/mol. The highest BCUT2D eigenvalue weighted by molar-refractivity contribution is 6.42. The molecule has 2 rings (SSSR count). The van der Waals surface area contributed by atoms with E-state index in [2.05, 4.69) is 15.6 Å². The molecule has 6 nitrogen and oxygen atoms in total. The molecule has 8 heteroatoms. The summed E-state index contributed by atoms with van der Waals surface area (Å²) in [6.45, 7) is 0.335. The highest BCUT2D eigenvalue weighted by Gasteiger charge is 2.07. The molecule has 1 aromatic carbocycles. The van der Waals surface area contributed by atoms with Crippen LogP contribution in [0, 0.1) is 0 Å². The number of nitrogens with two attached hydrogens (primary N) is 1. The summed E-state index contributed by atoms with van der Waals surface area (Å²) >= 11 is 11.6. The number of anilines is 1. The molecule has 0 fully saturated rings. The summed E-state index contributed by atoms with van der Waals surface area (Å²) in [7, 11) is 0. The summed E-state index contributed by atoms with van der Waals surface area (Å²) in [5, 5.41) is 11.1. The van der Waals surface area contributed by atoms with Gasteiger partial charge in [-0.05, 0) is 18.2 Å². The molecule has 100 valence electrons. The normalized spacial score (nSPS) is 10.5. The Balaban J connectivity index is 1.98. The van der Waals surface area contributed by atoms with Crippen LogP contribution in [-0.2, 0) is 17.9 Å². The summed E-state index contributed by atoms with van der Waals surface area (Å²) in [5.74, 6) is -0.244. The Bertz CT molecular complexity index is 599. The summed E-state index contributed by atoms with van der Waals surface area (Å²) in [5.41, 5.74) is 6.60. The summed E-state index contributed by atoms with van der Waals surface area (Å²) in [6.07, 6.45) is 1.62. The van der Waals surface area contributed by atoms with Gasteiger partial charge in [0, 0.05) is 12.2 Å². The van der Waals surface area contributed by atoms with Crippen molar-refractivity contribution < 1.29 is 4.79 Å². The van der Waals surface area contributed by atoms with E-state index >= 15 is 0 Å². The van der Waals surface area contributed by atoms with Gasteiger partial charge in [-0.2, -0.15) is 0 Å². The highest BCUT2D eigenvalue weighted by atomic mass is 35.5. The van der Waals surface area contributed by atoms with Crippen LogP contribution in [0.5, 0.6) is 0 Å². The van der Waals surface area contributed by atoms with E-state index in [0.717, 1.165) is 0 Å². The second-order valence-electron chi connectivity index (χ2n) is 3.79. The number of amides is 1. The Hall–Kier alpha value is -1.63. The maximum absolute atomic E-state index is 11.8. The standard InChI is InChI=1S/C11H11Cl2N5O/c12-9-2-1-7(3-10(9)13)15-11(19)6-18-5-8(4-14)16-17-18/h1-3,5H,4,6,14H2,(H,15,19). The molecule has 0 aliphatic rings. The van der Waals surface area contributed by atoms with Crippen molar-refractivity contribution in [2.45, 2.75) is 13.1 Å². The van der Waals surface area contributed by atoms with Gasteiger partial charge in [-0.1, -0.05) is 28.4 Å². The lowest BCUT2D eigenvalue weighted by Gasteiger charge is -2.06. The number of halogens is 2. The van der Waals surface area contributed by atoms with E-state index in [1.807, 2.05) is 0 Å². The van der Waals surface area contributed by atoms with E-state index in [4.69, 9.17) is 28.9 Å². The van der Waals surface area contributed by atoms with Gasteiger partial charge >= 0.3 is 0 Å². The smallest absolute Gasteiger partial charge is 0.246 e. The van der Waals surface area contributed by atoms with Crippen molar-refractivity contribution in [2.75, 3.05) is 5.32 Å². The second kappa shape index (κ2) is 6.01. The molecule has 0 unspecified atom stereocenters. The predicted octanol–water partition coefficient (Wildman–Crippen LogP) is 1.68. The first-order valence-electron chi connectivity index (χ1n) is 5.42. The zero-order valence-corrected chi connectivity index (χ0v) is 11.3. The first-order chi connectivity index (χ1) is 9.08. The van der Waals surface area contributed by atoms with E-state index < -0.39 is 0 Å². The summed E-state index contributed by atoms with van der Waals surface area (Å²) in [6, 6.07) is 4.86. The SMILES string of the molecule is NCc1cn(CC(=O)Nc2ccc(Cl)c(Cl)c2)nn1. The van der Waals surface area contributed by atoms with Crippen LogP contribution in [-0.4, -0.2) is 20.9 Å². The molecule has 3 N–H and O–H groups in total. The van der Waals surface area contributed by atoms with Crippen molar-refractivity contribution in [2.24, 2.45) is 5.73 Å². The number of hydrogen-bond donors (Lipinski definition) is 2. The molecule has 0 radical (unpaired) electrons. The Morgan fingerprint density at radius 3 is 2.79 bits per heavy atom. The minimum Gasteiger partial charge on any atom is -0.325 e. The number of benzene rings is 1. The number of rotatable bonds is 4. The van der Waals surface area contributed by atoms with Crippen molar-refractivity contribution in [3.8, 4) is 0 Å². The largest absolute Gasteiger partial charge is 0.325 e. The Labute approximate surface area is 119 Å². The molecular formula is C11H11Cl2N5O. The van der Waals surface area contributed by atoms with Gasteiger partial charge in [0.2, 0.25) is 5.91 Å². The number of aromatic nitrogens is 3. The Morgan fingerprint density at radius 2 is 2.16 bits per heavy atom. The van der Waals surface area contributed by atoms with E-state index in [0.29, 0.717) is 21.4 Å². The van der Waals surface area contributed by atoms with Crippen LogP contribution in [0.25, 0.3) is 0 Å². The third-order valence-electron chi connectivity index (χ3n) is 2.30. The van der Waals surface area contributed by atoms with Gasteiger partial charge in [0.1, 0.15) is 6.54 Å². The van der Waals surface area contributed by atoms with Gasteiger partial charge in [0.25, 0.3) is 0 Å². The van der Waals surface area contributed by atoms with E-state index in [-0.39, 0.29) is 19.0 Å². The van der Waals surface area contributed by atoms with Crippen LogP contribution in [0.2, 0.25) is 10.0 Å². The lowest BCUT2D eigenvalue weighted by molar-refractivity contribution is -0.116. The Kier molecular flexibility index (Phi) is 4.36. The molecule has 0 saturated heterocycles. The van der Waals surface area contributed by atoms with Crippen molar-refractivity contribution >= 4 is 34.8 Å². The molecule has 19 heavy (non-hydrogen) atoms. The van der Waals surface area contributed by atoms with Gasteiger partial charge < -0.3 is 11.1 Å². The molecule has 1 amide bonds. The summed E-state index contributed by atoms with van der Waals surface area (Å²) < 4.78 is 1.41.